The maximum Gasteiger partial charge on any atom is 0.226 e. The zero-order valence-electron chi connectivity index (χ0n) is 17.7. The average Bonchev–Trinajstić information content (AvgIpc) is 3.48. The number of carbonyl (C=O) groups excluding carboxylic acids is 1. The van der Waals surface area contributed by atoms with Crippen LogP contribution >= 0.6 is 22.9 Å². The molecule has 164 valence electrons. The smallest absolute Gasteiger partial charge is 0.226 e. The number of carbonyl (C=O) groups is 1. The summed E-state index contributed by atoms with van der Waals surface area (Å²) in [6.07, 6.45) is 3.96. The molecule has 1 unspecified atom stereocenters. The highest BCUT2D eigenvalue weighted by Gasteiger charge is 2.21. The van der Waals surface area contributed by atoms with Crippen molar-refractivity contribution in [2.45, 2.75) is 12.3 Å². The van der Waals surface area contributed by atoms with Gasteiger partial charge in [-0.2, -0.15) is 0 Å². The van der Waals surface area contributed by atoms with Crippen LogP contribution in [0.15, 0.2) is 84.5 Å². The molecule has 0 fully saturated rings. The topological polar surface area (TPSA) is 70.7 Å². The Morgan fingerprint density at radius 1 is 1.03 bits per heavy atom. The van der Waals surface area contributed by atoms with Gasteiger partial charge in [0.05, 0.1) is 17.8 Å². The van der Waals surface area contributed by atoms with E-state index in [-0.39, 0.29) is 18.2 Å². The molecule has 0 saturated carbocycles. The van der Waals surface area contributed by atoms with Crippen LogP contribution in [0.1, 0.15) is 22.7 Å². The Morgan fingerprint density at radius 2 is 1.85 bits per heavy atom. The number of benzene rings is 2. The normalized spacial score (nSPS) is 12.0. The lowest BCUT2D eigenvalue weighted by Gasteiger charge is -2.19. The SMILES string of the molecule is O=C(Cc1csc(-c2ccccn2)n1)NCC(c1ccccc1Cl)c1c[nH]c2ccccc12. The molecule has 5 nitrogen and oxygen atoms in total. The number of aromatic amines is 1. The molecule has 0 bridgehead atoms. The number of para-hydroxylation sites is 1. The summed E-state index contributed by atoms with van der Waals surface area (Å²) in [5, 5.41) is 7.62. The van der Waals surface area contributed by atoms with Crippen molar-refractivity contribution in [1.82, 2.24) is 20.3 Å². The molecule has 0 aliphatic rings. The number of nitrogens with zero attached hydrogens (tertiary/aromatic N) is 2. The van der Waals surface area contributed by atoms with E-state index in [0.717, 1.165) is 38.4 Å². The van der Waals surface area contributed by atoms with Crippen molar-refractivity contribution < 1.29 is 4.79 Å². The van der Waals surface area contributed by atoms with Gasteiger partial charge in [0.25, 0.3) is 0 Å². The van der Waals surface area contributed by atoms with E-state index in [4.69, 9.17) is 11.6 Å². The van der Waals surface area contributed by atoms with E-state index in [1.165, 1.54) is 11.3 Å². The average molecular weight is 473 g/mol. The van der Waals surface area contributed by atoms with Gasteiger partial charge in [-0.15, -0.1) is 11.3 Å². The molecule has 1 amide bonds. The van der Waals surface area contributed by atoms with Gasteiger partial charge in [-0.25, -0.2) is 4.98 Å². The Morgan fingerprint density at radius 3 is 2.70 bits per heavy atom. The first-order valence-corrected chi connectivity index (χ1v) is 11.9. The first-order chi connectivity index (χ1) is 16.2. The Balaban J connectivity index is 1.34. The van der Waals surface area contributed by atoms with Crippen LogP contribution in [-0.4, -0.2) is 27.4 Å². The summed E-state index contributed by atoms with van der Waals surface area (Å²) >= 11 is 8.05. The second kappa shape index (κ2) is 9.57. The van der Waals surface area contributed by atoms with Crippen molar-refractivity contribution in [3.05, 3.63) is 106 Å². The highest BCUT2D eigenvalue weighted by atomic mass is 35.5. The largest absolute Gasteiger partial charge is 0.361 e. The first-order valence-electron chi connectivity index (χ1n) is 10.6. The molecule has 0 saturated heterocycles. The number of aromatic nitrogens is 3. The van der Waals surface area contributed by atoms with Crippen LogP contribution in [0.5, 0.6) is 0 Å². The fraction of sp³-hybridized carbons (Fsp3) is 0.115. The van der Waals surface area contributed by atoms with Gasteiger partial charge in [-0.05, 0) is 35.4 Å². The van der Waals surface area contributed by atoms with Gasteiger partial charge in [-0.3, -0.25) is 9.78 Å². The standard InChI is InChI=1S/C26H21ClN4OS/c27-22-9-3-1-7-18(22)20(21-14-29-23-10-4-2-8-19(21)23)15-30-25(32)13-17-16-33-26(31-17)24-11-5-6-12-28-24/h1-12,14,16,20,29H,13,15H2,(H,30,32). The van der Waals surface area contributed by atoms with Crippen molar-refractivity contribution in [2.24, 2.45) is 0 Å². The van der Waals surface area contributed by atoms with Crippen molar-refractivity contribution in [3.8, 4) is 10.7 Å². The summed E-state index contributed by atoms with van der Waals surface area (Å²) in [5.41, 5.74) is 4.69. The predicted molar refractivity (Wildman–Crippen MR) is 134 cm³/mol. The number of hydrogen-bond donors (Lipinski definition) is 2. The lowest BCUT2D eigenvalue weighted by atomic mass is 9.90. The number of H-pyrrole nitrogens is 1. The van der Waals surface area contributed by atoms with Crippen LogP contribution in [0.25, 0.3) is 21.6 Å². The molecule has 33 heavy (non-hydrogen) atoms. The van der Waals surface area contributed by atoms with Gasteiger partial charge in [0, 0.05) is 46.2 Å². The number of nitrogens with one attached hydrogen (secondary N) is 2. The second-order valence-electron chi connectivity index (χ2n) is 7.70. The van der Waals surface area contributed by atoms with Crippen LogP contribution in [0.3, 0.4) is 0 Å². The van der Waals surface area contributed by atoms with Gasteiger partial charge < -0.3 is 10.3 Å². The predicted octanol–water partition coefficient (Wildman–Crippen LogP) is 5.83. The van der Waals surface area contributed by atoms with Crippen LogP contribution in [0.2, 0.25) is 5.02 Å². The van der Waals surface area contributed by atoms with Gasteiger partial charge in [-0.1, -0.05) is 54.1 Å². The minimum Gasteiger partial charge on any atom is -0.361 e. The summed E-state index contributed by atoms with van der Waals surface area (Å²) < 4.78 is 0. The van der Waals surface area contributed by atoms with E-state index in [9.17, 15) is 4.79 Å². The summed E-state index contributed by atoms with van der Waals surface area (Å²) in [5.74, 6) is -0.164. The molecule has 0 spiro atoms. The molecule has 0 aliphatic heterocycles. The molecule has 3 aromatic heterocycles. The van der Waals surface area contributed by atoms with E-state index < -0.39 is 0 Å². The van der Waals surface area contributed by atoms with Gasteiger partial charge in [0.15, 0.2) is 0 Å². The molecule has 0 radical (unpaired) electrons. The van der Waals surface area contributed by atoms with Crippen LogP contribution < -0.4 is 5.32 Å². The molecule has 3 heterocycles. The van der Waals surface area contributed by atoms with E-state index in [0.29, 0.717) is 11.6 Å². The summed E-state index contributed by atoms with van der Waals surface area (Å²) in [4.78, 5) is 25.1. The number of halogens is 1. The van der Waals surface area contributed by atoms with E-state index in [1.807, 2.05) is 72.2 Å². The molecule has 5 aromatic rings. The molecule has 2 aromatic carbocycles. The maximum absolute atomic E-state index is 12.8. The second-order valence-corrected chi connectivity index (χ2v) is 8.97. The summed E-state index contributed by atoms with van der Waals surface area (Å²) in [7, 11) is 0. The fourth-order valence-corrected chi connectivity index (χ4v) is 5.03. The Kier molecular flexibility index (Phi) is 6.19. The molecular weight excluding hydrogens is 452 g/mol. The number of fused-ring (bicyclic) bond motifs is 1. The highest BCUT2D eigenvalue weighted by molar-refractivity contribution is 7.13. The van der Waals surface area contributed by atoms with Crippen molar-refractivity contribution in [1.29, 1.82) is 0 Å². The highest BCUT2D eigenvalue weighted by Crippen LogP contribution is 2.34. The fourth-order valence-electron chi connectivity index (χ4n) is 3.97. The maximum atomic E-state index is 12.8. The lowest BCUT2D eigenvalue weighted by molar-refractivity contribution is -0.120. The number of hydrogen-bond acceptors (Lipinski definition) is 4. The summed E-state index contributed by atoms with van der Waals surface area (Å²) in [6.45, 7) is 0.432. The molecular formula is C26H21ClN4OS. The van der Waals surface area contributed by atoms with Crippen LogP contribution in [0.4, 0.5) is 0 Å². The minimum absolute atomic E-state index is 0.0789. The first kappa shape index (κ1) is 21.4. The third-order valence-electron chi connectivity index (χ3n) is 5.56. The van der Waals surface area contributed by atoms with Crippen LogP contribution in [-0.2, 0) is 11.2 Å². The van der Waals surface area contributed by atoms with E-state index in [1.54, 1.807) is 6.20 Å². The Labute approximate surface area is 200 Å². The minimum atomic E-state index is -0.0849. The molecule has 1 atom stereocenters. The number of rotatable bonds is 7. The zero-order chi connectivity index (χ0) is 22.6. The summed E-state index contributed by atoms with van der Waals surface area (Å²) in [6, 6.07) is 21.6. The van der Waals surface area contributed by atoms with Gasteiger partial charge in [0.2, 0.25) is 5.91 Å². The van der Waals surface area contributed by atoms with Gasteiger partial charge in [0.1, 0.15) is 5.01 Å². The van der Waals surface area contributed by atoms with Crippen LogP contribution in [0, 0.1) is 0 Å². The Hall–Kier alpha value is -3.48. The van der Waals surface area contributed by atoms with Crippen molar-refractivity contribution in [3.63, 3.8) is 0 Å². The molecule has 0 aliphatic carbocycles. The lowest BCUT2D eigenvalue weighted by Crippen LogP contribution is -2.30. The number of thiazole rings is 1. The molecule has 7 heteroatoms. The van der Waals surface area contributed by atoms with Gasteiger partial charge >= 0.3 is 0 Å². The monoisotopic (exact) mass is 472 g/mol. The molecule has 5 rings (SSSR count). The zero-order valence-corrected chi connectivity index (χ0v) is 19.2. The van der Waals surface area contributed by atoms with Crippen molar-refractivity contribution >= 4 is 39.7 Å². The number of pyridine rings is 1. The third-order valence-corrected chi connectivity index (χ3v) is 6.82. The number of amides is 1. The van der Waals surface area contributed by atoms with Crippen molar-refractivity contribution in [2.75, 3.05) is 6.54 Å². The quantitative estimate of drug-likeness (QED) is 0.313. The third kappa shape index (κ3) is 4.67. The van der Waals surface area contributed by atoms with E-state index >= 15 is 0 Å². The Bertz CT molecular complexity index is 1400. The van der Waals surface area contributed by atoms with E-state index in [2.05, 4.69) is 26.3 Å². The molecule has 2 N–H and O–H groups in total.